The predicted octanol–water partition coefficient (Wildman–Crippen LogP) is 4.19. The molecule has 134 valence electrons. The average Bonchev–Trinajstić information content (AvgIpc) is 2.87. The summed E-state index contributed by atoms with van der Waals surface area (Å²) >= 11 is 0. The van der Waals surface area contributed by atoms with Crippen LogP contribution in [0, 0.1) is 23.7 Å². The normalized spacial score (nSPS) is 23.2. The average molecular weight is 339 g/mol. The highest BCUT2D eigenvalue weighted by molar-refractivity contribution is 5.84. The SMILES string of the molecule is Cc1ccc2ncn(C3CCN(C(=O)C4C(C)(C)C4(C)C)CC3)c2c1. The Balaban J connectivity index is 1.47. The molecule has 25 heavy (non-hydrogen) atoms. The number of hydrogen-bond donors (Lipinski definition) is 0. The molecule has 4 nitrogen and oxygen atoms in total. The van der Waals surface area contributed by atoms with Crippen molar-refractivity contribution < 1.29 is 4.79 Å². The van der Waals surface area contributed by atoms with Crippen LogP contribution in [0.3, 0.4) is 0 Å². The highest BCUT2D eigenvalue weighted by Gasteiger charge is 2.68. The summed E-state index contributed by atoms with van der Waals surface area (Å²) < 4.78 is 2.31. The van der Waals surface area contributed by atoms with E-state index < -0.39 is 0 Å². The molecule has 0 spiro atoms. The molecule has 2 aliphatic rings. The van der Waals surface area contributed by atoms with Crippen LogP contribution < -0.4 is 0 Å². The number of carbonyl (C=O) groups excluding carboxylic acids is 1. The Morgan fingerprint density at radius 2 is 1.76 bits per heavy atom. The number of benzene rings is 1. The smallest absolute Gasteiger partial charge is 0.226 e. The number of aromatic nitrogens is 2. The van der Waals surface area contributed by atoms with Gasteiger partial charge in [-0.1, -0.05) is 33.8 Å². The molecule has 1 saturated heterocycles. The number of hydrogen-bond acceptors (Lipinski definition) is 2. The van der Waals surface area contributed by atoms with E-state index in [1.807, 2.05) is 6.33 Å². The first-order valence-electron chi connectivity index (χ1n) is 9.45. The molecule has 2 aromatic rings. The summed E-state index contributed by atoms with van der Waals surface area (Å²) in [7, 11) is 0. The number of carbonyl (C=O) groups is 1. The molecule has 4 heteroatoms. The van der Waals surface area contributed by atoms with Crippen LogP contribution in [-0.2, 0) is 4.79 Å². The second kappa shape index (κ2) is 5.33. The van der Waals surface area contributed by atoms with E-state index in [0.29, 0.717) is 11.9 Å². The van der Waals surface area contributed by atoms with E-state index in [4.69, 9.17) is 0 Å². The molecule has 1 saturated carbocycles. The van der Waals surface area contributed by atoms with Crippen molar-refractivity contribution in [2.75, 3.05) is 13.1 Å². The van der Waals surface area contributed by atoms with Crippen molar-refractivity contribution in [2.24, 2.45) is 16.7 Å². The maximum absolute atomic E-state index is 12.9. The number of likely N-dealkylation sites (tertiary alicyclic amines) is 1. The molecule has 1 amide bonds. The van der Waals surface area contributed by atoms with Gasteiger partial charge in [0.15, 0.2) is 0 Å². The van der Waals surface area contributed by atoms with E-state index in [0.717, 1.165) is 31.4 Å². The van der Waals surface area contributed by atoms with Gasteiger partial charge in [0.1, 0.15) is 0 Å². The zero-order chi connectivity index (χ0) is 18.0. The molecule has 1 aliphatic heterocycles. The van der Waals surface area contributed by atoms with Gasteiger partial charge in [-0.3, -0.25) is 4.79 Å². The van der Waals surface area contributed by atoms with Crippen molar-refractivity contribution in [1.82, 2.24) is 14.5 Å². The van der Waals surface area contributed by atoms with E-state index in [1.165, 1.54) is 11.1 Å². The number of nitrogens with zero attached hydrogens (tertiary/aromatic N) is 3. The number of imidazole rings is 1. The number of rotatable bonds is 2. The molecule has 0 atom stereocenters. The lowest BCUT2D eigenvalue weighted by molar-refractivity contribution is -0.135. The van der Waals surface area contributed by atoms with Crippen molar-refractivity contribution in [1.29, 1.82) is 0 Å². The third kappa shape index (κ3) is 2.41. The summed E-state index contributed by atoms with van der Waals surface area (Å²) in [5, 5.41) is 0. The van der Waals surface area contributed by atoms with Crippen molar-refractivity contribution >= 4 is 16.9 Å². The summed E-state index contributed by atoms with van der Waals surface area (Å²) in [6.45, 7) is 12.7. The fourth-order valence-corrected chi connectivity index (χ4v) is 4.79. The van der Waals surface area contributed by atoms with Gasteiger partial charge in [0, 0.05) is 25.0 Å². The maximum Gasteiger partial charge on any atom is 0.226 e. The van der Waals surface area contributed by atoms with Crippen molar-refractivity contribution in [2.45, 2.75) is 53.5 Å². The first-order chi connectivity index (χ1) is 11.7. The van der Waals surface area contributed by atoms with Gasteiger partial charge in [0.05, 0.1) is 17.4 Å². The summed E-state index contributed by atoms with van der Waals surface area (Å²) in [4.78, 5) is 19.6. The molecule has 0 radical (unpaired) electrons. The van der Waals surface area contributed by atoms with Crippen molar-refractivity contribution in [3.05, 3.63) is 30.1 Å². The molecular weight excluding hydrogens is 310 g/mol. The molecule has 1 aliphatic carbocycles. The molecule has 2 fully saturated rings. The van der Waals surface area contributed by atoms with E-state index in [2.05, 4.69) is 67.3 Å². The Hall–Kier alpha value is -1.84. The minimum absolute atomic E-state index is 0.124. The van der Waals surface area contributed by atoms with Gasteiger partial charge in [0.2, 0.25) is 5.91 Å². The van der Waals surface area contributed by atoms with Gasteiger partial charge < -0.3 is 9.47 Å². The molecule has 1 aromatic carbocycles. The number of amides is 1. The van der Waals surface area contributed by atoms with Crippen LogP contribution in [0.15, 0.2) is 24.5 Å². The fraction of sp³-hybridized carbons (Fsp3) is 0.619. The molecule has 0 bridgehead atoms. The van der Waals surface area contributed by atoms with Crippen LogP contribution in [0.5, 0.6) is 0 Å². The van der Waals surface area contributed by atoms with E-state index in [-0.39, 0.29) is 16.7 Å². The molecule has 2 heterocycles. The van der Waals surface area contributed by atoms with E-state index in [9.17, 15) is 4.79 Å². The minimum atomic E-state index is 0.124. The highest BCUT2D eigenvalue weighted by atomic mass is 16.2. The Morgan fingerprint density at radius 1 is 1.12 bits per heavy atom. The Bertz CT molecular complexity index is 811. The Labute approximate surface area is 150 Å². The second-order valence-electron chi connectivity index (χ2n) is 9.08. The maximum atomic E-state index is 12.9. The van der Waals surface area contributed by atoms with Crippen LogP contribution in [-0.4, -0.2) is 33.4 Å². The lowest BCUT2D eigenvalue weighted by atomic mass is 10.0. The lowest BCUT2D eigenvalue weighted by Gasteiger charge is -2.33. The van der Waals surface area contributed by atoms with Crippen molar-refractivity contribution in [3.63, 3.8) is 0 Å². The number of piperidine rings is 1. The van der Waals surface area contributed by atoms with Crippen LogP contribution in [0.4, 0.5) is 0 Å². The first kappa shape index (κ1) is 16.6. The standard InChI is InChI=1S/C21H29N3O/c1-14-6-7-16-17(12-14)24(13-22-16)15-8-10-23(11-9-15)19(25)18-20(2,3)21(18,4)5/h6-7,12-13,15,18H,8-11H2,1-5H3. The van der Waals surface area contributed by atoms with Crippen LogP contribution in [0.25, 0.3) is 11.0 Å². The summed E-state index contributed by atoms with van der Waals surface area (Å²) in [6.07, 6.45) is 4.00. The number of aryl methyl sites for hydroxylation is 1. The lowest BCUT2D eigenvalue weighted by Crippen LogP contribution is -2.40. The summed E-state index contributed by atoms with van der Waals surface area (Å²) in [5.74, 6) is 0.535. The van der Waals surface area contributed by atoms with Gasteiger partial charge >= 0.3 is 0 Å². The van der Waals surface area contributed by atoms with Gasteiger partial charge in [-0.2, -0.15) is 0 Å². The third-order valence-electron chi connectivity index (χ3n) is 7.17. The van der Waals surface area contributed by atoms with E-state index in [1.54, 1.807) is 0 Å². The van der Waals surface area contributed by atoms with Gasteiger partial charge in [-0.15, -0.1) is 0 Å². The Morgan fingerprint density at radius 3 is 2.36 bits per heavy atom. The van der Waals surface area contributed by atoms with E-state index >= 15 is 0 Å². The third-order valence-corrected chi connectivity index (χ3v) is 7.17. The molecule has 0 unspecified atom stereocenters. The number of fused-ring (bicyclic) bond motifs is 1. The van der Waals surface area contributed by atoms with Gasteiger partial charge in [-0.25, -0.2) is 4.98 Å². The molecule has 4 rings (SSSR count). The monoisotopic (exact) mass is 339 g/mol. The van der Waals surface area contributed by atoms with Crippen molar-refractivity contribution in [3.8, 4) is 0 Å². The van der Waals surface area contributed by atoms with Crippen LogP contribution in [0.2, 0.25) is 0 Å². The second-order valence-corrected chi connectivity index (χ2v) is 9.08. The zero-order valence-electron chi connectivity index (χ0n) is 16.0. The zero-order valence-corrected chi connectivity index (χ0v) is 16.0. The topological polar surface area (TPSA) is 38.1 Å². The molecular formula is C21H29N3O. The fourth-order valence-electron chi connectivity index (χ4n) is 4.79. The quantitative estimate of drug-likeness (QED) is 0.823. The van der Waals surface area contributed by atoms with Crippen LogP contribution in [0.1, 0.15) is 52.1 Å². The largest absolute Gasteiger partial charge is 0.342 e. The molecule has 1 aromatic heterocycles. The van der Waals surface area contributed by atoms with Gasteiger partial charge in [-0.05, 0) is 48.3 Å². The summed E-state index contributed by atoms with van der Waals surface area (Å²) in [5.41, 5.74) is 3.79. The molecule has 0 N–H and O–H groups in total. The highest BCUT2D eigenvalue weighted by Crippen LogP contribution is 2.68. The predicted molar refractivity (Wildman–Crippen MR) is 100 cm³/mol. The Kier molecular flexibility index (Phi) is 3.54. The first-order valence-corrected chi connectivity index (χ1v) is 9.45. The summed E-state index contributed by atoms with van der Waals surface area (Å²) in [6, 6.07) is 6.86. The van der Waals surface area contributed by atoms with Crippen LogP contribution >= 0.6 is 0 Å². The van der Waals surface area contributed by atoms with Gasteiger partial charge in [0.25, 0.3) is 0 Å². The minimum Gasteiger partial charge on any atom is -0.342 e.